The standard InChI is InChI=1S/C20H24N6O2/c1-21-9-11-28-16-6-5-15-17(18(16)27-2)25-20(26-10-8-23-19(15)26)24-13-14-4-3-7-22-12-14/h3-7,12,21,23H,8-11,13H2,1-2H3. The summed E-state index contributed by atoms with van der Waals surface area (Å²) >= 11 is 0. The Hall–Kier alpha value is -3.13. The summed E-state index contributed by atoms with van der Waals surface area (Å²) in [6, 6.07) is 7.88. The van der Waals surface area contributed by atoms with Gasteiger partial charge in [0, 0.05) is 37.4 Å². The number of likely N-dealkylation sites (N-methyl/N-ethyl adjacent to an activating group) is 1. The molecule has 0 saturated carbocycles. The molecule has 146 valence electrons. The second-order valence-electron chi connectivity index (χ2n) is 6.46. The van der Waals surface area contributed by atoms with Gasteiger partial charge in [-0.15, -0.1) is 0 Å². The number of pyridine rings is 1. The molecule has 8 nitrogen and oxygen atoms in total. The lowest BCUT2D eigenvalue weighted by Gasteiger charge is -2.15. The minimum Gasteiger partial charge on any atom is -0.491 e. The van der Waals surface area contributed by atoms with Crippen LogP contribution in [0.2, 0.25) is 0 Å². The molecule has 0 amide bonds. The van der Waals surface area contributed by atoms with Crippen LogP contribution in [0.3, 0.4) is 0 Å². The molecule has 3 aromatic rings. The van der Waals surface area contributed by atoms with E-state index in [1.54, 1.807) is 13.3 Å². The first-order valence-electron chi connectivity index (χ1n) is 9.34. The normalized spacial score (nSPS) is 13.4. The SMILES string of the molecule is CNCCOc1ccc2c3n(c(=NCc4cccnc4)nc2c1OC)CCN3. The van der Waals surface area contributed by atoms with Gasteiger partial charge in [-0.3, -0.25) is 9.55 Å². The molecule has 0 aliphatic carbocycles. The number of benzene rings is 1. The monoisotopic (exact) mass is 380 g/mol. The maximum absolute atomic E-state index is 5.87. The summed E-state index contributed by atoms with van der Waals surface area (Å²) in [5.74, 6) is 2.32. The first kappa shape index (κ1) is 18.2. The zero-order valence-electron chi connectivity index (χ0n) is 16.1. The molecule has 1 aromatic carbocycles. The number of rotatable bonds is 7. The first-order chi connectivity index (χ1) is 13.8. The molecule has 4 rings (SSSR count). The number of ether oxygens (including phenoxy) is 2. The number of nitrogens with one attached hydrogen (secondary N) is 2. The zero-order valence-corrected chi connectivity index (χ0v) is 16.1. The van der Waals surface area contributed by atoms with Crippen LogP contribution in [0.5, 0.6) is 11.5 Å². The Kier molecular flexibility index (Phi) is 5.38. The molecule has 1 aliphatic heterocycles. The molecule has 2 N–H and O–H groups in total. The Morgan fingerprint density at radius 3 is 3.04 bits per heavy atom. The molecule has 0 unspecified atom stereocenters. The van der Waals surface area contributed by atoms with Crippen molar-refractivity contribution in [1.82, 2.24) is 19.9 Å². The van der Waals surface area contributed by atoms with Crippen LogP contribution < -0.4 is 25.7 Å². The minimum absolute atomic E-state index is 0.520. The highest BCUT2D eigenvalue weighted by molar-refractivity contribution is 5.95. The van der Waals surface area contributed by atoms with Crippen LogP contribution in [0.15, 0.2) is 41.7 Å². The lowest BCUT2D eigenvalue weighted by molar-refractivity contribution is 0.297. The van der Waals surface area contributed by atoms with Crippen LogP contribution in [-0.2, 0) is 13.1 Å². The van der Waals surface area contributed by atoms with E-state index in [-0.39, 0.29) is 0 Å². The number of nitrogens with zero attached hydrogens (tertiary/aromatic N) is 4. The van der Waals surface area contributed by atoms with Crippen LogP contribution in [0.4, 0.5) is 5.82 Å². The van der Waals surface area contributed by atoms with Gasteiger partial charge in [-0.2, -0.15) is 0 Å². The molecule has 0 atom stereocenters. The average molecular weight is 380 g/mol. The third-order valence-corrected chi connectivity index (χ3v) is 4.64. The highest BCUT2D eigenvalue weighted by atomic mass is 16.5. The van der Waals surface area contributed by atoms with Crippen molar-refractivity contribution in [3.05, 3.63) is 47.8 Å². The summed E-state index contributed by atoms with van der Waals surface area (Å²) < 4.78 is 13.7. The molecule has 2 aromatic heterocycles. The van der Waals surface area contributed by atoms with Gasteiger partial charge in [0.05, 0.1) is 13.7 Å². The fraction of sp³-hybridized carbons (Fsp3) is 0.350. The summed E-state index contributed by atoms with van der Waals surface area (Å²) in [5, 5.41) is 7.52. The van der Waals surface area contributed by atoms with Crippen molar-refractivity contribution >= 4 is 16.7 Å². The topological polar surface area (TPSA) is 85.6 Å². The number of hydrogen-bond acceptors (Lipinski definition) is 7. The van der Waals surface area contributed by atoms with E-state index in [1.165, 1.54) is 0 Å². The van der Waals surface area contributed by atoms with Gasteiger partial charge in [0.2, 0.25) is 5.62 Å². The number of anilines is 1. The minimum atomic E-state index is 0.520. The van der Waals surface area contributed by atoms with E-state index in [0.29, 0.717) is 30.3 Å². The van der Waals surface area contributed by atoms with E-state index in [9.17, 15) is 0 Å². The van der Waals surface area contributed by atoms with Gasteiger partial charge in [-0.1, -0.05) is 6.07 Å². The molecule has 0 fully saturated rings. The van der Waals surface area contributed by atoms with E-state index < -0.39 is 0 Å². The molecular formula is C20H24N6O2. The summed E-state index contributed by atoms with van der Waals surface area (Å²) in [7, 11) is 3.53. The largest absolute Gasteiger partial charge is 0.491 e. The molecule has 28 heavy (non-hydrogen) atoms. The van der Waals surface area contributed by atoms with Gasteiger partial charge in [-0.05, 0) is 30.8 Å². The first-order valence-corrected chi connectivity index (χ1v) is 9.34. The van der Waals surface area contributed by atoms with Crippen molar-refractivity contribution in [2.45, 2.75) is 13.1 Å². The lowest BCUT2D eigenvalue weighted by Crippen LogP contribution is -2.23. The van der Waals surface area contributed by atoms with Gasteiger partial charge in [0.1, 0.15) is 17.9 Å². The van der Waals surface area contributed by atoms with Crippen LogP contribution >= 0.6 is 0 Å². The van der Waals surface area contributed by atoms with Crippen molar-refractivity contribution < 1.29 is 9.47 Å². The highest BCUT2D eigenvalue weighted by Gasteiger charge is 2.20. The van der Waals surface area contributed by atoms with Gasteiger partial charge in [0.25, 0.3) is 0 Å². The van der Waals surface area contributed by atoms with Crippen LogP contribution in [0.1, 0.15) is 5.56 Å². The van der Waals surface area contributed by atoms with E-state index in [4.69, 9.17) is 19.5 Å². The highest BCUT2D eigenvalue weighted by Crippen LogP contribution is 2.37. The molecule has 0 radical (unpaired) electrons. The Morgan fingerprint density at radius 2 is 2.25 bits per heavy atom. The number of fused-ring (bicyclic) bond motifs is 3. The summed E-state index contributed by atoms with van der Waals surface area (Å²) in [4.78, 5) is 13.7. The fourth-order valence-corrected chi connectivity index (χ4v) is 3.30. The molecule has 0 saturated heterocycles. The second kappa shape index (κ2) is 8.26. The molecule has 1 aliphatic rings. The van der Waals surface area contributed by atoms with Gasteiger partial charge in [-0.25, -0.2) is 9.98 Å². The third kappa shape index (κ3) is 3.50. The number of hydrogen-bond donors (Lipinski definition) is 2. The maximum atomic E-state index is 5.87. The zero-order chi connectivity index (χ0) is 19.3. The molecular weight excluding hydrogens is 356 g/mol. The van der Waals surface area contributed by atoms with E-state index >= 15 is 0 Å². The third-order valence-electron chi connectivity index (χ3n) is 4.64. The van der Waals surface area contributed by atoms with Crippen molar-refractivity contribution in [2.75, 3.05) is 39.2 Å². The van der Waals surface area contributed by atoms with Gasteiger partial charge >= 0.3 is 0 Å². The van der Waals surface area contributed by atoms with Crippen molar-refractivity contribution in [3.63, 3.8) is 0 Å². The van der Waals surface area contributed by atoms with Crippen molar-refractivity contribution in [3.8, 4) is 11.5 Å². The van der Waals surface area contributed by atoms with Gasteiger partial charge < -0.3 is 20.1 Å². The quantitative estimate of drug-likeness (QED) is 0.605. The van der Waals surface area contributed by atoms with Crippen molar-refractivity contribution in [2.24, 2.45) is 4.99 Å². The van der Waals surface area contributed by atoms with Crippen LogP contribution in [0.25, 0.3) is 10.9 Å². The summed E-state index contributed by atoms with van der Waals surface area (Å²) in [5.41, 5.74) is 2.46. The molecule has 3 heterocycles. The molecule has 0 spiro atoms. The maximum Gasteiger partial charge on any atom is 0.227 e. The van der Waals surface area contributed by atoms with Crippen LogP contribution in [-0.4, -0.2) is 48.4 Å². The fourth-order valence-electron chi connectivity index (χ4n) is 3.30. The second-order valence-corrected chi connectivity index (χ2v) is 6.46. The Balaban J connectivity index is 1.81. The van der Waals surface area contributed by atoms with E-state index in [2.05, 4.69) is 20.2 Å². The Labute approximate surface area is 163 Å². The Morgan fingerprint density at radius 1 is 1.32 bits per heavy atom. The Bertz CT molecular complexity index is 1030. The molecule has 0 bridgehead atoms. The van der Waals surface area contributed by atoms with Gasteiger partial charge in [0.15, 0.2) is 11.5 Å². The predicted octanol–water partition coefficient (Wildman–Crippen LogP) is 1.56. The smallest absolute Gasteiger partial charge is 0.227 e. The summed E-state index contributed by atoms with van der Waals surface area (Å²) in [6.07, 6.45) is 3.58. The number of aromatic nitrogens is 3. The van der Waals surface area contributed by atoms with Crippen LogP contribution in [0, 0.1) is 0 Å². The van der Waals surface area contributed by atoms with E-state index in [0.717, 1.165) is 41.9 Å². The van der Waals surface area contributed by atoms with E-state index in [1.807, 2.05) is 37.5 Å². The van der Waals surface area contributed by atoms with Crippen molar-refractivity contribution in [1.29, 1.82) is 0 Å². The average Bonchev–Trinajstić information content (AvgIpc) is 3.23. The number of methoxy groups -OCH3 is 1. The lowest BCUT2D eigenvalue weighted by atomic mass is 10.2. The predicted molar refractivity (Wildman–Crippen MR) is 108 cm³/mol. The summed E-state index contributed by atoms with van der Waals surface area (Å²) in [6.45, 7) is 3.49. The molecule has 8 heteroatoms.